The van der Waals surface area contributed by atoms with Gasteiger partial charge in [0.15, 0.2) is 0 Å². The van der Waals surface area contributed by atoms with E-state index < -0.39 is 8.07 Å². The second kappa shape index (κ2) is 6.30. The summed E-state index contributed by atoms with van der Waals surface area (Å²) >= 11 is 0. The number of rotatable bonds is 6. The van der Waals surface area contributed by atoms with Gasteiger partial charge in [0.1, 0.15) is 13.5 Å². The zero-order chi connectivity index (χ0) is 13.8. The smallest absolute Gasteiger partial charge is 0.124 e. The molecule has 0 aliphatic carbocycles. The Balaban J connectivity index is 3.02. The summed E-state index contributed by atoms with van der Waals surface area (Å²) in [5, 5.41) is 0.403. The molecule has 1 aromatic carbocycles. The third-order valence-corrected chi connectivity index (χ3v) is 5.11. The van der Waals surface area contributed by atoms with E-state index in [0.29, 0.717) is 5.41 Å². The molecule has 0 amide bonds. The maximum atomic E-state index is 12.6. The van der Waals surface area contributed by atoms with Crippen LogP contribution in [0.25, 0.3) is 0 Å². The topological polar surface area (TPSA) is 26.3 Å². The molecule has 100 valence electrons. The zero-order valence-corrected chi connectivity index (χ0v) is 13.1. The zero-order valence-electron chi connectivity index (χ0n) is 12.1. The van der Waals surface area contributed by atoms with Gasteiger partial charge in [0.2, 0.25) is 0 Å². The van der Waals surface area contributed by atoms with Crippen molar-refractivity contribution in [1.82, 2.24) is 0 Å². The molecule has 1 aromatic rings. The van der Waals surface area contributed by atoms with Gasteiger partial charge in [0.25, 0.3) is 0 Å². The first-order valence-corrected chi connectivity index (χ1v) is 10.0. The number of carbonyl (C=O) groups excluding carboxylic acids is 1. The average molecular weight is 264 g/mol. The lowest BCUT2D eigenvalue weighted by Crippen LogP contribution is -2.41. The molecule has 0 aliphatic rings. The van der Waals surface area contributed by atoms with Gasteiger partial charge in [-0.15, -0.1) is 0 Å². The molecule has 0 heterocycles. The molecule has 0 N–H and O–H groups in total. The molecule has 2 nitrogen and oxygen atoms in total. The van der Waals surface area contributed by atoms with E-state index in [0.717, 1.165) is 12.0 Å². The molecule has 0 saturated carbocycles. The lowest BCUT2D eigenvalue weighted by atomic mass is 9.94. The van der Waals surface area contributed by atoms with Gasteiger partial charge in [-0.2, -0.15) is 0 Å². The predicted octanol–water partition coefficient (Wildman–Crippen LogP) is 3.85. The normalized spacial score (nSPS) is 15.2. The van der Waals surface area contributed by atoms with Crippen LogP contribution in [0.3, 0.4) is 0 Å². The Morgan fingerprint density at radius 2 is 1.78 bits per heavy atom. The van der Waals surface area contributed by atoms with E-state index in [1.165, 1.54) is 0 Å². The lowest BCUT2D eigenvalue weighted by Gasteiger charge is -2.29. The van der Waals surface area contributed by atoms with Crippen LogP contribution in [0, 0.1) is 5.92 Å². The van der Waals surface area contributed by atoms with Crippen molar-refractivity contribution in [3.05, 3.63) is 35.9 Å². The van der Waals surface area contributed by atoms with Crippen LogP contribution in [0.15, 0.2) is 30.3 Å². The predicted molar refractivity (Wildman–Crippen MR) is 78.3 cm³/mol. The number of methoxy groups -OCH3 is 1. The highest BCUT2D eigenvalue weighted by atomic mass is 28.3. The molecule has 0 unspecified atom stereocenters. The molecule has 0 bridgehead atoms. The first-order valence-electron chi connectivity index (χ1n) is 6.53. The summed E-state index contributed by atoms with van der Waals surface area (Å²) in [6.07, 6.45) is 0.715. The van der Waals surface area contributed by atoms with Crippen molar-refractivity contribution in [1.29, 1.82) is 0 Å². The maximum Gasteiger partial charge on any atom is 0.124 e. The van der Waals surface area contributed by atoms with Crippen molar-refractivity contribution in [2.24, 2.45) is 5.92 Å². The van der Waals surface area contributed by atoms with Crippen molar-refractivity contribution < 1.29 is 9.53 Å². The third kappa shape index (κ3) is 3.53. The fraction of sp³-hybridized carbons (Fsp3) is 0.533. The summed E-state index contributed by atoms with van der Waals surface area (Å²) in [6, 6.07) is 10.0. The van der Waals surface area contributed by atoms with Crippen LogP contribution >= 0.6 is 0 Å². The monoisotopic (exact) mass is 264 g/mol. The van der Waals surface area contributed by atoms with Crippen LogP contribution in [0.2, 0.25) is 19.6 Å². The third-order valence-electron chi connectivity index (χ3n) is 3.26. The van der Waals surface area contributed by atoms with Crippen LogP contribution in [0.4, 0.5) is 0 Å². The Morgan fingerprint density at radius 1 is 1.22 bits per heavy atom. The summed E-state index contributed by atoms with van der Waals surface area (Å²) in [6.45, 7) is 8.39. The summed E-state index contributed by atoms with van der Waals surface area (Å²) in [5.74, 6) is -0.0240. The average Bonchev–Trinajstić information content (AvgIpc) is 2.35. The minimum Gasteiger partial charge on any atom is -0.376 e. The number of benzene rings is 1. The first kappa shape index (κ1) is 15.1. The van der Waals surface area contributed by atoms with E-state index in [2.05, 4.69) is 26.6 Å². The fourth-order valence-electron chi connectivity index (χ4n) is 2.27. The van der Waals surface area contributed by atoms with Crippen molar-refractivity contribution in [3.63, 3.8) is 0 Å². The van der Waals surface area contributed by atoms with Gasteiger partial charge >= 0.3 is 0 Å². The highest BCUT2D eigenvalue weighted by Crippen LogP contribution is 2.31. The maximum absolute atomic E-state index is 12.6. The van der Waals surface area contributed by atoms with E-state index in [9.17, 15) is 4.79 Å². The molecule has 0 radical (unpaired) electrons. The molecule has 0 spiro atoms. The SMILES string of the molecule is CC[C@H](C(=O)[Si](C)(C)C)[C@@H](OC)c1ccccc1. The quantitative estimate of drug-likeness (QED) is 0.730. The molecule has 0 aliphatic heterocycles. The van der Waals surface area contributed by atoms with Gasteiger partial charge in [-0.3, -0.25) is 0 Å². The molecule has 1 rings (SSSR count). The second-order valence-electron chi connectivity index (χ2n) is 5.70. The van der Waals surface area contributed by atoms with Gasteiger partial charge in [-0.1, -0.05) is 56.9 Å². The van der Waals surface area contributed by atoms with Crippen molar-refractivity contribution in [2.75, 3.05) is 7.11 Å². The van der Waals surface area contributed by atoms with Gasteiger partial charge in [0, 0.05) is 13.0 Å². The molecule has 18 heavy (non-hydrogen) atoms. The molecule has 0 fully saturated rings. The van der Waals surface area contributed by atoms with Crippen LogP contribution in [0.1, 0.15) is 25.0 Å². The first-order chi connectivity index (χ1) is 8.41. The van der Waals surface area contributed by atoms with Crippen LogP contribution in [0.5, 0.6) is 0 Å². The van der Waals surface area contributed by atoms with Crippen LogP contribution < -0.4 is 0 Å². The van der Waals surface area contributed by atoms with E-state index in [-0.39, 0.29) is 12.0 Å². The van der Waals surface area contributed by atoms with Gasteiger partial charge < -0.3 is 9.53 Å². The highest BCUT2D eigenvalue weighted by molar-refractivity contribution is 7.03. The fourth-order valence-corrected chi connectivity index (χ4v) is 3.74. The van der Waals surface area contributed by atoms with Crippen LogP contribution in [-0.4, -0.2) is 20.6 Å². The van der Waals surface area contributed by atoms with Crippen molar-refractivity contribution >= 4 is 13.5 Å². The van der Waals surface area contributed by atoms with Gasteiger partial charge in [-0.25, -0.2) is 0 Å². The second-order valence-corrected chi connectivity index (χ2v) is 10.7. The summed E-state index contributed by atoms with van der Waals surface area (Å²) < 4.78 is 5.61. The molecule has 0 aromatic heterocycles. The van der Waals surface area contributed by atoms with Gasteiger partial charge in [0.05, 0.1) is 6.10 Å². The van der Waals surface area contributed by atoms with Crippen LogP contribution in [-0.2, 0) is 9.53 Å². The Hall–Kier alpha value is -0.933. The number of ether oxygens (including phenoxy) is 1. The van der Waals surface area contributed by atoms with Crippen molar-refractivity contribution in [2.45, 2.75) is 39.1 Å². The minimum absolute atomic E-state index is 0.0240. The van der Waals surface area contributed by atoms with E-state index in [1.807, 2.05) is 30.3 Å². The molecule has 0 saturated heterocycles. The molecular formula is C15H24O2Si. The standard InChI is InChI=1S/C15H24O2Si/c1-6-13(15(16)18(3,4)5)14(17-2)12-10-8-7-9-11-12/h7-11,13-14H,6H2,1-5H3/t13-,14-/m0/s1. The Kier molecular flexibility index (Phi) is 5.29. The lowest BCUT2D eigenvalue weighted by molar-refractivity contribution is -0.120. The Morgan fingerprint density at radius 3 is 2.17 bits per heavy atom. The minimum atomic E-state index is -1.78. The number of hydrogen-bond acceptors (Lipinski definition) is 2. The summed E-state index contributed by atoms with van der Waals surface area (Å²) in [4.78, 5) is 12.6. The van der Waals surface area contributed by atoms with E-state index in [4.69, 9.17) is 4.74 Å². The van der Waals surface area contributed by atoms with Crippen molar-refractivity contribution in [3.8, 4) is 0 Å². The van der Waals surface area contributed by atoms with E-state index >= 15 is 0 Å². The molecular weight excluding hydrogens is 240 g/mol. The summed E-state index contributed by atoms with van der Waals surface area (Å²) in [7, 11) is -0.0832. The van der Waals surface area contributed by atoms with Gasteiger partial charge in [-0.05, 0) is 12.0 Å². The number of hydrogen-bond donors (Lipinski definition) is 0. The Bertz CT molecular complexity index is 381. The highest BCUT2D eigenvalue weighted by Gasteiger charge is 2.35. The summed E-state index contributed by atoms with van der Waals surface area (Å²) in [5.41, 5.74) is 1.10. The van der Waals surface area contributed by atoms with E-state index in [1.54, 1.807) is 7.11 Å². The number of carbonyl (C=O) groups is 1. The molecule has 3 heteroatoms. The molecule has 2 atom stereocenters. The Labute approximate surface area is 111 Å². The largest absolute Gasteiger partial charge is 0.376 e.